The minimum atomic E-state index is -0.382. The monoisotopic (exact) mass is 459 g/mol. The van der Waals surface area contributed by atoms with Gasteiger partial charge in [-0.05, 0) is 37.3 Å². The summed E-state index contributed by atoms with van der Waals surface area (Å²) in [4.78, 5) is 21.8. The summed E-state index contributed by atoms with van der Waals surface area (Å²) >= 11 is 0. The van der Waals surface area contributed by atoms with E-state index < -0.39 is 0 Å². The summed E-state index contributed by atoms with van der Waals surface area (Å²) in [6.45, 7) is 2.59. The van der Waals surface area contributed by atoms with Gasteiger partial charge in [0.2, 0.25) is 18.5 Å². The predicted octanol–water partition coefficient (Wildman–Crippen LogP) is 2.20. The second-order valence-electron chi connectivity index (χ2n) is 7.33. The second kappa shape index (κ2) is 7.99. The number of fused-ring (bicyclic) bond motifs is 2. The van der Waals surface area contributed by atoms with Crippen molar-refractivity contribution in [2.75, 3.05) is 13.4 Å². The molecule has 5 aromatic rings. The van der Waals surface area contributed by atoms with Crippen molar-refractivity contribution in [2.45, 2.75) is 13.5 Å². The largest absolute Gasteiger partial charge is 0.492 e. The number of para-hydroxylation sites is 2. The first-order chi connectivity index (χ1) is 16.7. The van der Waals surface area contributed by atoms with E-state index >= 15 is 0 Å². The fraction of sp³-hybridized carbons (Fsp3) is 0.182. The Morgan fingerprint density at radius 3 is 2.91 bits per heavy atom. The second-order valence-corrected chi connectivity index (χ2v) is 7.33. The van der Waals surface area contributed by atoms with Crippen LogP contribution in [0.3, 0.4) is 0 Å². The maximum Gasteiger partial charge on any atom is 0.284 e. The Balaban J connectivity index is 1.30. The van der Waals surface area contributed by atoms with Crippen LogP contribution < -0.4 is 19.8 Å². The Kier molecular flexibility index (Phi) is 4.68. The van der Waals surface area contributed by atoms with E-state index in [1.165, 1.54) is 15.6 Å². The Bertz CT molecular complexity index is 1570. The Labute approximate surface area is 191 Å². The van der Waals surface area contributed by atoms with E-state index in [-0.39, 0.29) is 30.3 Å². The van der Waals surface area contributed by atoms with E-state index in [2.05, 4.69) is 25.4 Å². The molecular weight excluding hydrogens is 442 g/mol. The molecule has 0 saturated carbocycles. The molecule has 0 saturated heterocycles. The van der Waals surface area contributed by atoms with Crippen LogP contribution in [0.15, 0.2) is 58.1 Å². The van der Waals surface area contributed by atoms with Gasteiger partial charge in [0.1, 0.15) is 24.3 Å². The number of ether oxygens (including phenoxy) is 3. The summed E-state index contributed by atoms with van der Waals surface area (Å²) in [6, 6.07) is 12.7. The smallest absolute Gasteiger partial charge is 0.284 e. The molecule has 0 bridgehead atoms. The van der Waals surface area contributed by atoms with Gasteiger partial charge in [0.05, 0.1) is 6.61 Å². The van der Waals surface area contributed by atoms with E-state index in [0.29, 0.717) is 46.6 Å². The first-order valence-electron chi connectivity index (χ1n) is 10.5. The number of hydrogen-bond acceptors (Lipinski definition) is 10. The zero-order chi connectivity index (χ0) is 23.1. The molecule has 12 heteroatoms. The molecule has 0 atom stereocenters. The highest BCUT2D eigenvalue weighted by molar-refractivity contribution is 5.71. The van der Waals surface area contributed by atoms with Crippen molar-refractivity contribution < 1.29 is 18.7 Å². The minimum absolute atomic E-state index is 0.0295. The van der Waals surface area contributed by atoms with E-state index in [1.807, 2.05) is 31.2 Å². The van der Waals surface area contributed by atoms with Gasteiger partial charge in [-0.3, -0.25) is 9.36 Å². The number of rotatable bonds is 6. The summed E-state index contributed by atoms with van der Waals surface area (Å²) in [5.41, 5.74) is 1.40. The van der Waals surface area contributed by atoms with Gasteiger partial charge in [-0.1, -0.05) is 22.5 Å². The molecule has 4 heterocycles. The lowest BCUT2D eigenvalue weighted by Gasteiger charge is -2.09. The van der Waals surface area contributed by atoms with Crippen molar-refractivity contribution in [1.82, 2.24) is 34.7 Å². The van der Waals surface area contributed by atoms with Crippen molar-refractivity contribution in [1.29, 1.82) is 0 Å². The maximum atomic E-state index is 13.0. The van der Waals surface area contributed by atoms with Crippen LogP contribution in [0.25, 0.3) is 28.2 Å². The van der Waals surface area contributed by atoms with Crippen LogP contribution in [0.2, 0.25) is 0 Å². The third kappa shape index (κ3) is 3.32. The molecule has 3 aromatic heterocycles. The van der Waals surface area contributed by atoms with Gasteiger partial charge in [-0.25, -0.2) is 4.98 Å². The molecular formula is C22H17N7O5. The molecule has 170 valence electrons. The molecule has 1 aliphatic heterocycles. The summed E-state index contributed by atoms with van der Waals surface area (Å²) in [7, 11) is 0. The molecule has 6 rings (SSSR count). The average Bonchev–Trinajstić information content (AvgIpc) is 3.61. The average molecular weight is 459 g/mol. The molecule has 0 unspecified atom stereocenters. The minimum Gasteiger partial charge on any atom is -0.492 e. The van der Waals surface area contributed by atoms with Gasteiger partial charge in [0.25, 0.3) is 5.56 Å². The number of hydrogen-bond donors (Lipinski definition) is 0. The first-order valence-corrected chi connectivity index (χ1v) is 10.5. The SMILES string of the molecule is CCOc1ccccc1-n1nnc2c(=O)n(Cc3nc(-c4ccc5c(c4)OCO5)no3)cnc21. The Morgan fingerprint density at radius 2 is 2.00 bits per heavy atom. The predicted molar refractivity (Wildman–Crippen MR) is 117 cm³/mol. The zero-order valence-corrected chi connectivity index (χ0v) is 17.9. The van der Waals surface area contributed by atoms with E-state index in [4.69, 9.17) is 18.7 Å². The van der Waals surface area contributed by atoms with E-state index in [0.717, 1.165) is 0 Å². The Morgan fingerprint density at radius 1 is 1.12 bits per heavy atom. The van der Waals surface area contributed by atoms with Crippen molar-refractivity contribution in [2.24, 2.45) is 0 Å². The highest BCUT2D eigenvalue weighted by Gasteiger charge is 2.19. The van der Waals surface area contributed by atoms with Gasteiger partial charge in [0, 0.05) is 5.56 Å². The molecule has 1 aliphatic rings. The van der Waals surface area contributed by atoms with Gasteiger partial charge < -0.3 is 18.7 Å². The lowest BCUT2D eigenvalue weighted by atomic mass is 10.2. The number of benzene rings is 2. The van der Waals surface area contributed by atoms with Gasteiger partial charge >= 0.3 is 0 Å². The topological polar surface area (TPSA) is 132 Å². The van der Waals surface area contributed by atoms with Crippen molar-refractivity contribution in [3.63, 3.8) is 0 Å². The van der Waals surface area contributed by atoms with Crippen LogP contribution in [0, 0.1) is 0 Å². The van der Waals surface area contributed by atoms with Crippen LogP contribution in [0.4, 0.5) is 0 Å². The molecule has 0 radical (unpaired) electrons. The molecule has 0 aliphatic carbocycles. The Hall–Kier alpha value is -4.74. The van der Waals surface area contributed by atoms with Gasteiger partial charge in [0.15, 0.2) is 22.7 Å². The van der Waals surface area contributed by atoms with Crippen LogP contribution >= 0.6 is 0 Å². The molecule has 0 fully saturated rings. The van der Waals surface area contributed by atoms with Gasteiger partial charge in [-0.2, -0.15) is 9.67 Å². The standard InChI is InChI=1S/C22H17N7O5/c1-2-31-15-6-4-3-5-14(15)29-21-19(25-27-29)22(30)28(11-23-21)10-18-24-20(26-34-18)13-7-8-16-17(9-13)33-12-32-16/h3-9,11H,2,10,12H2,1H3. The third-order valence-electron chi connectivity index (χ3n) is 5.23. The van der Waals surface area contributed by atoms with Crippen LogP contribution in [-0.2, 0) is 6.54 Å². The molecule has 12 nitrogen and oxygen atoms in total. The molecule has 2 aromatic carbocycles. The summed E-state index contributed by atoms with van der Waals surface area (Å²) in [6.07, 6.45) is 1.40. The maximum absolute atomic E-state index is 13.0. The van der Waals surface area contributed by atoms with Crippen molar-refractivity contribution in [3.8, 4) is 34.3 Å². The lowest BCUT2D eigenvalue weighted by Crippen LogP contribution is -2.21. The third-order valence-corrected chi connectivity index (χ3v) is 5.23. The molecule has 0 amide bonds. The number of aromatic nitrogens is 7. The molecule has 0 N–H and O–H groups in total. The normalized spacial score (nSPS) is 12.4. The van der Waals surface area contributed by atoms with Crippen LogP contribution in [0.5, 0.6) is 17.2 Å². The van der Waals surface area contributed by atoms with Crippen molar-refractivity contribution >= 4 is 11.2 Å². The fourth-order valence-corrected chi connectivity index (χ4v) is 3.65. The van der Waals surface area contributed by atoms with Crippen LogP contribution in [-0.4, -0.2) is 48.1 Å². The highest BCUT2D eigenvalue weighted by Crippen LogP contribution is 2.35. The number of nitrogens with zero attached hydrogens (tertiary/aromatic N) is 7. The summed E-state index contributed by atoms with van der Waals surface area (Å²) in [5.74, 6) is 2.50. The van der Waals surface area contributed by atoms with Crippen molar-refractivity contribution in [3.05, 3.63) is 65.0 Å². The van der Waals surface area contributed by atoms with E-state index in [9.17, 15) is 4.79 Å². The lowest BCUT2D eigenvalue weighted by molar-refractivity contribution is 0.174. The highest BCUT2D eigenvalue weighted by atomic mass is 16.7. The fourth-order valence-electron chi connectivity index (χ4n) is 3.65. The van der Waals surface area contributed by atoms with Gasteiger partial charge in [-0.15, -0.1) is 5.10 Å². The summed E-state index contributed by atoms with van der Waals surface area (Å²) in [5, 5.41) is 12.2. The summed E-state index contributed by atoms with van der Waals surface area (Å²) < 4.78 is 24.5. The van der Waals surface area contributed by atoms with E-state index in [1.54, 1.807) is 18.2 Å². The van der Waals surface area contributed by atoms with Crippen LogP contribution in [0.1, 0.15) is 12.8 Å². The molecule has 0 spiro atoms. The first kappa shape index (κ1) is 19.9. The zero-order valence-electron chi connectivity index (χ0n) is 17.9. The molecule has 34 heavy (non-hydrogen) atoms. The quantitative estimate of drug-likeness (QED) is 0.372.